The lowest BCUT2D eigenvalue weighted by atomic mass is 10.0. The minimum atomic E-state index is -0.510. The second-order valence-corrected chi connectivity index (χ2v) is 11.0. The van der Waals surface area contributed by atoms with Gasteiger partial charge in [-0.3, -0.25) is 0 Å². The van der Waals surface area contributed by atoms with E-state index in [0.717, 1.165) is 27.8 Å². The van der Waals surface area contributed by atoms with Crippen molar-refractivity contribution in [1.82, 2.24) is 9.13 Å². The number of aromatic nitrogens is 2. The van der Waals surface area contributed by atoms with Crippen molar-refractivity contribution in [1.29, 1.82) is 0 Å². The van der Waals surface area contributed by atoms with Gasteiger partial charge in [-0.15, -0.1) is 0 Å². The molecule has 0 fully saturated rings. The first kappa shape index (κ1) is 16.7. The minimum Gasteiger partial charge on any atom is -0.454 e. The Kier molecular flexibility index (Phi) is 3.42. The van der Waals surface area contributed by atoms with E-state index in [1.165, 1.54) is 10.8 Å². The van der Waals surface area contributed by atoms with Crippen LogP contribution in [0.5, 0.6) is 0 Å². The average Bonchev–Trinajstić information content (AvgIpc) is 3.89. The van der Waals surface area contributed by atoms with Crippen LogP contribution in [0.3, 0.4) is 0 Å². The second kappa shape index (κ2) is 9.22. The standard InChI is InChI=1S/C42H26N2O/c1-5-13-37-31(9-1)32-10-2-6-14-38(32)43(37)29-21-17-27(18-22-29)28-19-23-30(24-20-28)44-39-15-7-3-11-33(39)35-25-26-36-34-12-4-8-16-40(34)45-42(36)41(35)44/h1-26H/i3D,4D,7D,8D,11D,12D,15D,16D,25D,26D. The summed E-state index contributed by atoms with van der Waals surface area (Å²) in [4.78, 5) is 0. The van der Waals surface area contributed by atoms with E-state index in [2.05, 4.69) is 41.0 Å². The van der Waals surface area contributed by atoms with Gasteiger partial charge in [0.25, 0.3) is 0 Å². The van der Waals surface area contributed by atoms with Crippen LogP contribution in [0.1, 0.15) is 13.7 Å². The Hall–Kier alpha value is -6.06. The maximum Gasteiger partial charge on any atom is 0.160 e. The molecule has 3 aromatic heterocycles. The van der Waals surface area contributed by atoms with Gasteiger partial charge in [0.2, 0.25) is 0 Å². The van der Waals surface area contributed by atoms with E-state index in [1.54, 1.807) is 16.7 Å². The first-order chi connectivity index (χ1) is 26.5. The van der Waals surface area contributed by atoms with Crippen molar-refractivity contribution in [2.75, 3.05) is 0 Å². The number of nitrogens with zero attached hydrogens (tertiary/aromatic N) is 2. The Morgan fingerprint density at radius 3 is 1.67 bits per heavy atom. The predicted octanol–water partition coefficient (Wildman–Crippen LogP) is 11.4. The van der Waals surface area contributed by atoms with Gasteiger partial charge in [-0.2, -0.15) is 0 Å². The molecule has 0 aliphatic heterocycles. The zero-order valence-electron chi connectivity index (χ0n) is 33.5. The maximum atomic E-state index is 9.17. The fraction of sp³-hybridized carbons (Fsp3) is 0. The lowest BCUT2D eigenvalue weighted by molar-refractivity contribution is 0.671. The Bertz CT molecular complexity index is 3250. The third-order valence-electron chi connectivity index (χ3n) is 8.63. The molecule has 0 bridgehead atoms. The summed E-state index contributed by atoms with van der Waals surface area (Å²) in [6.07, 6.45) is 0. The zero-order chi connectivity index (χ0) is 38.2. The van der Waals surface area contributed by atoms with Crippen LogP contribution in [-0.2, 0) is 0 Å². The van der Waals surface area contributed by atoms with Gasteiger partial charge in [0.1, 0.15) is 5.58 Å². The van der Waals surface area contributed by atoms with Gasteiger partial charge in [-0.1, -0.05) is 103 Å². The molecule has 0 aliphatic carbocycles. The highest BCUT2D eigenvalue weighted by molar-refractivity contribution is 6.21. The molecule has 0 unspecified atom stereocenters. The molecule has 0 aliphatic rings. The van der Waals surface area contributed by atoms with Crippen LogP contribution in [0.15, 0.2) is 162 Å². The van der Waals surface area contributed by atoms with Crippen molar-refractivity contribution in [2.45, 2.75) is 0 Å². The summed E-state index contributed by atoms with van der Waals surface area (Å²) in [5.74, 6) is 0. The summed E-state index contributed by atoms with van der Waals surface area (Å²) in [5, 5.41) is 2.39. The van der Waals surface area contributed by atoms with Gasteiger partial charge < -0.3 is 13.6 Å². The quantitative estimate of drug-likeness (QED) is 0.203. The second-order valence-electron chi connectivity index (χ2n) is 11.0. The molecule has 7 aromatic carbocycles. The summed E-state index contributed by atoms with van der Waals surface area (Å²) in [7, 11) is 0. The summed E-state index contributed by atoms with van der Waals surface area (Å²) < 4.78 is 96.9. The molecule has 0 radical (unpaired) electrons. The number of para-hydroxylation sites is 4. The van der Waals surface area contributed by atoms with E-state index in [1.807, 2.05) is 48.5 Å². The average molecular weight is 585 g/mol. The normalized spacial score (nSPS) is 15.1. The van der Waals surface area contributed by atoms with Gasteiger partial charge in [-0.25, -0.2) is 0 Å². The monoisotopic (exact) mass is 584 g/mol. The summed E-state index contributed by atoms with van der Waals surface area (Å²) in [6, 6.07) is 28.0. The highest BCUT2D eigenvalue weighted by atomic mass is 16.3. The lowest BCUT2D eigenvalue weighted by Crippen LogP contribution is -1.95. The smallest absolute Gasteiger partial charge is 0.160 e. The Morgan fingerprint density at radius 2 is 0.978 bits per heavy atom. The first-order valence-electron chi connectivity index (χ1n) is 19.5. The third kappa shape index (κ3) is 3.46. The van der Waals surface area contributed by atoms with Gasteiger partial charge >= 0.3 is 0 Å². The van der Waals surface area contributed by atoms with E-state index in [4.69, 9.17) is 18.1 Å². The van der Waals surface area contributed by atoms with Crippen molar-refractivity contribution < 1.29 is 18.1 Å². The molecule has 210 valence electrons. The van der Waals surface area contributed by atoms with Gasteiger partial charge in [0.15, 0.2) is 5.58 Å². The molecule has 10 aromatic rings. The van der Waals surface area contributed by atoms with Crippen LogP contribution >= 0.6 is 0 Å². The molecule has 0 saturated carbocycles. The van der Waals surface area contributed by atoms with Gasteiger partial charge in [0.05, 0.1) is 35.8 Å². The molecule has 0 atom stereocenters. The van der Waals surface area contributed by atoms with Crippen LogP contribution in [-0.4, -0.2) is 9.13 Å². The van der Waals surface area contributed by atoms with Crippen molar-refractivity contribution in [3.05, 3.63) is 157 Å². The Morgan fingerprint density at radius 1 is 0.422 bits per heavy atom. The summed E-state index contributed by atoms with van der Waals surface area (Å²) >= 11 is 0. The molecule has 0 saturated heterocycles. The fourth-order valence-electron chi connectivity index (χ4n) is 6.63. The van der Waals surface area contributed by atoms with Gasteiger partial charge in [0, 0.05) is 43.7 Å². The van der Waals surface area contributed by atoms with Crippen molar-refractivity contribution >= 4 is 65.6 Å². The number of benzene rings is 7. The van der Waals surface area contributed by atoms with E-state index < -0.39 is 36.3 Å². The Labute approximate surface area is 272 Å². The third-order valence-corrected chi connectivity index (χ3v) is 8.63. The van der Waals surface area contributed by atoms with Crippen LogP contribution in [0.25, 0.3) is 88.1 Å². The Balaban J connectivity index is 1.20. The molecule has 10 rings (SSSR count). The zero-order valence-corrected chi connectivity index (χ0v) is 23.5. The summed E-state index contributed by atoms with van der Waals surface area (Å²) in [6.45, 7) is 0. The predicted molar refractivity (Wildman–Crippen MR) is 188 cm³/mol. The maximum absolute atomic E-state index is 9.17. The SMILES string of the molecule is [2H]c1c([2H])c([2H])c2c(oc3c2c([2H])c([2H])c2c4c([2H])c([2H])c([2H])c([2H])c4n(-c4ccc(-c5ccc(-n6c7ccccc7c7ccccc76)cc5)cc4)c32)c1[2H]. The van der Waals surface area contributed by atoms with E-state index >= 15 is 0 Å². The largest absolute Gasteiger partial charge is 0.454 e. The molecule has 45 heavy (non-hydrogen) atoms. The number of furan rings is 1. The highest BCUT2D eigenvalue weighted by Crippen LogP contribution is 2.40. The minimum absolute atomic E-state index is 0.00114. The van der Waals surface area contributed by atoms with Crippen molar-refractivity contribution in [2.24, 2.45) is 0 Å². The molecular formula is C42H26N2O. The van der Waals surface area contributed by atoms with Crippen LogP contribution in [0.4, 0.5) is 0 Å². The van der Waals surface area contributed by atoms with Crippen LogP contribution < -0.4 is 0 Å². The molecule has 0 amide bonds. The molecule has 3 heterocycles. The van der Waals surface area contributed by atoms with Gasteiger partial charge in [-0.05, 0) is 65.7 Å². The van der Waals surface area contributed by atoms with E-state index in [-0.39, 0.29) is 67.9 Å². The highest BCUT2D eigenvalue weighted by Gasteiger charge is 2.19. The van der Waals surface area contributed by atoms with E-state index in [9.17, 15) is 0 Å². The van der Waals surface area contributed by atoms with Crippen LogP contribution in [0, 0.1) is 0 Å². The van der Waals surface area contributed by atoms with E-state index in [0.29, 0.717) is 5.69 Å². The van der Waals surface area contributed by atoms with Crippen molar-refractivity contribution in [3.63, 3.8) is 0 Å². The van der Waals surface area contributed by atoms with Crippen LogP contribution in [0.2, 0.25) is 0 Å². The van der Waals surface area contributed by atoms with Crippen molar-refractivity contribution in [3.8, 4) is 22.5 Å². The number of hydrogen-bond donors (Lipinski definition) is 0. The number of fused-ring (bicyclic) bond motifs is 10. The fourth-order valence-corrected chi connectivity index (χ4v) is 6.63. The first-order valence-corrected chi connectivity index (χ1v) is 14.5. The molecule has 0 N–H and O–H groups in total. The molecular weight excluding hydrogens is 548 g/mol. The summed E-state index contributed by atoms with van der Waals surface area (Å²) in [5.41, 5.74) is 5.56. The topological polar surface area (TPSA) is 23.0 Å². The number of hydrogen-bond acceptors (Lipinski definition) is 1. The number of rotatable bonds is 3. The molecule has 3 nitrogen and oxygen atoms in total. The lowest BCUT2D eigenvalue weighted by Gasteiger charge is -2.11. The molecule has 0 spiro atoms. The molecule has 3 heteroatoms.